The van der Waals surface area contributed by atoms with E-state index < -0.39 is 23.7 Å². The predicted octanol–water partition coefficient (Wildman–Crippen LogP) is 0.966. The molecule has 1 aliphatic heterocycles. The van der Waals surface area contributed by atoms with Gasteiger partial charge in [0.1, 0.15) is 17.6 Å². The van der Waals surface area contributed by atoms with Crippen molar-refractivity contribution in [3.05, 3.63) is 42.0 Å². The number of carbonyl (C=O) groups excluding carboxylic acids is 4. The van der Waals surface area contributed by atoms with Crippen LogP contribution in [0.2, 0.25) is 0 Å². The minimum atomic E-state index is -0.450. The Bertz CT molecular complexity index is 1330. The Morgan fingerprint density at radius 2 is 2.09 bits per heavy atom. The maximum absolute atomic E-state index is 12.8. The Balaban J connectivity index is 1.27. The molecule has 3 heterocycles. The van der Waals surface area contributed by atoms with Gasteiger partial charge in [-0.3, -0.25) is 19.2 Å². The van der Waals surface area contributed by atoms with Gasteiger partial charge >= 0.3 is 5.97 Å². The Kier molecular flexibility index (Phi) is 5.32. The number of ether oxygens (including phenoxy) is 2. The number of nitrogens with one attached hydrogen (secondary N) is 4. The Labute approximate surface area is 192 Å². The van der Waals surface area contributed by atoms with Gasteiger partial charge in [-0.05, 0) is 24.1 Å². The summed E-state index contributed by atoms with van der Waals surface area (Å²) in [6, 6.07) is 5.24. The molecule has 1 aliphatic carbocycles. The zero-order valence-electron chi connectivity index (χ0n) is 18.0. The number of H-pyrrole nitrogens is 1. The third-order valence-electron chi connectivity index (χ3n) is 5.70. The van der Waals surface area contributed by atoms with Crippen LogP contribution in [0.3, 0.4) is 0 Å². The topological polar surface area (TPSA) is 164 Å². The average molecular weight is 464 g/mol. The number of rotatable bonds is 6. The maximum Gasteiger partial charge on any atom is 0.309 e. The van der Waals surface area contributed by atoms with Crippen molar-refractivity contribution in [2.24, 2.45) is 11.8 Å². The van der Waals surface area contributed by atoms with E-state index in [2.05, 4.69) is 35.6 Å². The third kappa shape index (κ3) is 4.00. The number of hydrogen-bond donors (Lipinski definition) is 4. The lowest BCUT2D eigenvalue weighted by Gasteiger charge is -2.18. The zero-order valence-corrected chi connectivity index (χ0v) is 18.0. The van der Waals surface area contributed by atoms with Crippen LogP contribution >= 0.6 is 0 Å². The zero-order chi connectivity index (χ0) is 23.8. The predicted molar refractivity (Wildman–Crippen MR) is 118 cm³/mol. The van der Waals surface area contributed by atoms with Gasteiger partial charge in [-0.25, -0.2) is 9.97 Å². The first kappa shape index (κ1) is 21.4. The number of hydrogen-bond acceptors (Lipinski definition) is 8. The van der Waals surface area contributed by atoms with Crippen molar-refractivity contribution in [2.45, 2.75) is 13.0 Å². The largest absolute Gasteiger partial charge is 0.482 e. The normalized spacial score (nSPS) is 18.3. The molecule has 12 nitrogen and oxygen atoms in total. The molecule has 2 atom stereocenters. The molecule has 5 rings (SSSR count). The summed E-state index contributed by atoms with van der Waals surface area (Å²) < 4.78 is 10.0. The van der Waals surface area contributed by atoms with Gasteiger partial charge in [-0.15, -0.1) is 0 Å². The fourth-order valence-corrected chi connectivity index (χ4v) is 3.84. The van der Waals surface area contributed by atoms with Gasteiger partial charge in [0, 0.05) is 12.7 Å². The number of methoxy groups -OCH3 is 1. The molecule has 2 aromatic heterocycles. The SMILES string of the molecule is COC(=O)[C@H]1C[C@H]1C(=O)Nc1c[nH]c2c(C(=O)NCc3ccc4c(c3)NC(=O)CO4)ncnc12. The van der Waals surface area contributed by atoms with Gasteiger partial charge in [-0.1, -0.05) is 6.07 Å². The van der Waals surface area contributed by atoms with E-state index >= 15 is 0 Å². The van der Waals surface area contributed by atoms with E-state index in [1.165, 1.54) is 19.6 Å². The minimum absolute atomic E-state index is 0.0299. The number of esters is 1. The van der Waals surface area contributed by atoms with Crippen molar-refractivity contribution in [2.75, 3.05) is 24.4 Å². The molecular formula is C22H20N6O6. The Hall–Kier alpha value is -4.48. The Morgan fingerprint density at radius 1 is 1.24 bits per heavy atom. The summed E-state index contributed by atoms with van der Waals surface area (Å²) in [6.45, 7) is 0.159. The van der Waals surface area contributed by atoms with Crippen LogP contribution in [0.15, 0.2) is 30.7 Å². The molecule has 2 aliphatic rings. The number of anilines is 2. The summed E-state index contributed by atoms with van der Waals surface area (Å²) in [5, 5.41) is 8.26. The number of amides is 3. The van der Waals surface area contributed by atoms with E-state index in [-0.39, 0.29) is 30.7 Å². The molecule has 0 spiro atoms. The van der Waals surface area contributed by atoms with Crippen molar-refractivity contribution >= 4 is 46.1 Å². The summed E-state index contributed by atoms with van der Waals surface area (Å²) in [6.07, 6.45) is 3.19. The fraction of sp³-hybridized carbons (Fsp3) is 0.273. The van der Waals surface area contributed by atoms with Crippen LogP contribution in [0, 0.1) is 11.8 Å². The second kappa shape index (κ2) is 8.46. The molecule has 1 fully saturated rings. The van der Waals surface area contributed by atoms with Gasteiger partial charge in [0.2, 0.25) is 5.91 Å². The monoisotopic (exact) mass is 464 g/mol. The highest BCUT2D eigenvalue weighted by atomic mass is 16.5. The number of fused-ring (bicyclic) bond motifs is 2. The molecule has 0 radical (unpaired) electrons. The fourth-order valence-electron chi connectivity index (χ4n) is 3.84. The highest BCUT2D eigenvalue weighted by Gasteiger charge is 2.49. The second-order valence-corrected chi connectivity index (χ2v) is 7.96. The lowest BCUT2D eigenvalue weighted by atomic mass is 10.1. The highest BCUT2D eigenvalue weighted by molar-refractivity contribution is 6.09. The van der Waals surface area contributed by atoms with E-state index in [1.54, 1.807) is 18.2 Å². The first-order valence-corrected chi connectivity index (χ1v) is 10.5. The molecular weight excluding hydrogens is 444 g/mol. The van der Waals surface area contributed by atoms with Crippen LogP contribution in [0.5, 0.6) is 5.75 Å². The van der Waals surface area contributed by atoms with Crippen LogP contribution in [0.1, 0.15) is 22.5 Å². The van der Waals surface area contributed by atoms with Gasteiger partial charge in [0.25, 0.3) is 11.8 Å². The molecule has 0 saturated heterocycles. The first-order valence-electron chi connectivity index (χ1n) is 10.5. The van der Waals surface area contributed by atoms with Crippen molar-refractivity contribution in [1.82, 2.24) is 20.3 Å². The summed E-state index contributed by atoms with van der Waals surface area (Å²) in [5.41, 5.74) is 2.53. The molecule has 1 saturated carbocycles. The minimum Gasteiger partial charge on any atom is -0.482 e. The summed E-state index contributed by atoms with van der Waals surface area (Å²) in [4.78, 5) is 59.6. The van der Waals surface area contributed by atoms with Crippen molar-refractivity contribution in [3.63, 3.8) is 0 Å². The van der Waals surface area contributed by atoms with E-state index in [9.17, 15) is 19.2 Å². The van der Waals surface area contributed by atoms with Crippen LogP contribution in [0.25, 0.3) is 11.0 Å². The van der Waals surface area contributed by atoms with Crippen LogP contribution < -0.4 is 20.7 Å². The number of aromatic amines is 1. The molecule has 3 aromatic rings. The molecule has 4 N–H and O–H groups in total. The molecule has 1 aromatic carbocycles. The molecule has 0 unspecified atom stereocenters. The van der Waals surface area contributed by atoms with E-state index in [0.29, 0.717) is 34.6 Å². The van der Waals surface area contributed by atoms with Gasteiger partial charge < -0.3 is 30.4 Å². The summed E-state index contributed by atoms with van der Waals surface area (Å²) >= 11 is 0. The quantitative estimate of drug-likeness (QED) is 0.392. The number of aromatic nitrogens is 3. The maximum atomic E-state index is 12.8. The average Bonchev–Trinajstić information content (AvgIpc) is 3.56. The van der Waals surface area contributed by atoms with Gasteiger partial charge in [0.15, 0.2) is 12.3 Å². The van der Waals surface area contributed by atoms with Crippen LogP contribution in [-0.2, 0) is 25.7 Å². The first-order chi connectivity index (χ1) is 16.4. The van der Waals surface area contributed by atoms with E-state index in [0.717, 1.165) is 5.56 Å². The standard InChI is InChI=1S/C22H20N6O6/c1-33-22(32)12-5-11(12)20(30)28-14-7-23-18-17(14)25-9-26-19(18)21(31)24-6-10-2-3-15-13(4-10)27-16(29)8-34-15/h2-4,7,9,11-12,23H,5-6,8H2,1H3,(H,24,31)(H,27,29)(H,28,30)/t11-,12+/m1/s1. The van der Waals surface area contributed by atoms with Crippen molar-refractivity contribution in [1.29, 1.82) is 0 Å². The smallest absolute Gasteiger partial charge is 0.309 e. The second-order valence-electron chi connectivity index (χ2n) is 7.96. The highest BCUT2D eigenvalue weighted by Crippen LogP contribution is 2.40. The third-order valence-corrected chi connectivity index (χ3v) is 5.70. The number of benzene rings is 1. The van der Waals surface area contributed by atoms with E-state index in [1.807, 2.05) is 0 Å². The summed E-state index contributed by atoms with van der Waals surface area (Å²) in [7, 11) is 1.29. The summed E-state index contributed by atoms with van der Waals surface area (Å²) in [5.74, 6) is -1.73. The molecule has 0 bridgehead atoms. The van der Waals surface area contributed by atoms with Crippen LogP contribution in [0.4, 0.5) is 11.4 Å². The van der Waals surface area contributed by atoms with Crippen LogP contribution in [-0.4, -0.2) is 52.4 Å². The lowest BCUT2D eigenvalue weighted by Crippen LogP contribution is -2.26. The lowest BCUT2D eigenvalue weighted by molar-refractivity contribution is -0.143. The number of carbonyl (C=O) groups is 4. The molecule has 12 heteroatoms. The van der Waals surface area contributed by atoms with Crippen molar-refractivity contribution < 1.29 is 28.7 Å². The van der Waals surface area contributed by atoms with E-state index in [4.69, 9.17) is 4.74 Å². The van der Waals surface area contributed by atoms with Crippen molar-refractivity contribution in [3.8, 4) is 5.75 Å². The van der Waals surface area contributed by atoms with Gasteiger partial charge in [-0.2, -0.15) is 0 Å². The molecule has 174 valence electrons. The van der Waals surface area contributed by atoms with Gasteiger partial charge in [0.05, 0.1) is 35.8 Å². The molecule has 3 amide bonds. The Morgan fingerprint density at radius 3 is 2.91 bits per heavy atom. The number of nitrogens with zero attached hydrogens (tertiary/aromatic N) is 2. The molecule has 34 heavy (non-hydrogen) atoms.